The monoisotopic (exact) mass is 231 g/mol. The van der Waals surface area contributed by atoms with Gasteiger partial charge in [0.15, 0.2) is 5.58 Å². The third-order valence-electron chi connectivity index (χ3n) is 1.94. The van der Waals surface area contributed by atoms with Gasteiger partial charge in [-0.25, -0.2) is 4.79 Å². The van der Waals surface area contributed by atoms with Crippen LogP contribution in [0.5, 0.6) is 0 Å². The molecule has 0 unspecified atom stereocenters. The summed E-state index contributed by atoms with van der Waals surface area (Å²) in [6.45, 7) is 0. The number of ketones is 1. The lowest BCUT2D eigenvalue weighted by Gasteiger charge is -2.04. The SMILES string of the molecule is O=C(c1ccc2oc(=O)[nH]c2c1)C(F)(F)F. The van der Waals surface area contributed by atoms with Gasteiger partial charge in [0.1, 0.15) is 0 Å². The van der Waals surface area contributed by atoms with Crippen molar-refractivity contribution in [3.63, 3.8) is 0 Å². The topological polar surface area (TPSA) is 63.1 Å². The quantitative estimate of drug-likeness (QED) is 0.762. The Morgan fingerprint density at radius 1 is 1.31 bits per heavy atom. The van der Waals surface area contributed by atoms with E-state index in [1.807, 2.05) is 0 Å². The number of alkyl halides is 3. The van der Waals surface area contributed by atoms with Crippen LogP contribution in [0.3, 0.4) is 0 Å². The van der Waals surface area contributed by atoms with Crippen LogP contribution in [0.1, 0.15) is 10.4 Å². The molecule has 2 rings (SSSR count). The maximum absolute atomic E-state index is 12.1. The number of nitrogens with one attached hydrogen (secondary N) is 1. The Balaban J connectivity index is 2.55. The number of fused-ring (bicyclic) bond motifs is 1. The summed E-state index contributed by atoms with van der Waals surface area (Å²) in [4.78, 5) is 23.8. The third kappa shape index (κ3) is 1.71. The fraction of sp³-hybridized carbons (Fsp3) is 0.111. The van der Waals surface area contributed by atoms with Gasteiger partial charge in [0.25, 0.3) is 5.78 Å². The van der Waals surface area contributed by atoms with Crippen LogP contribution in [-0.4, -0.2) is 16.9 Å². The number of carbonyl (C=O) groups excluding carboxylic acids is 1. The highest BCUT2D eigenvalue weighted by Gasteiger charge is 2.39. The molecule has 0 saturated carbocycles. The zero-order chi connectivity index (χ0) is 11.9. The molecule has 84 valence electrons. The van der Waals surface area contributed by atoms with E-state index in [2.05, 4.69) is 9.40 Å². The first-order valence-corrected chi connectivity index (χ1v) is 4.12. The minimum Gasteiger partial charge on any atom is -0.408 e. The molecule has 0 aliphatic carbocycles. The standard InChI is InChI=1S/C9H4F3NO3/c10-9(11,12)7(14)4-1-2-6-5(3-4)13-8(15)16-6/h1-3H,(H,13,15). The van der Waals surface area contributed by atoms with Crippen molar-refractivity contribution in [2.24, 2.45) is 0 Å². The van der Waals surface area contributed by atoms with Gasteiger partial charge in [-0.15, -0.1) is 0 Å². The van der Waals surface area contributed by atoms with E-state index in [0.717, 1.165) is 18.2 Å². The minimum absolute atomic E-state index is 0.0556. The number of Topliss-reactive ketones (excluding diaryl/α,β-unsaturated/α-hetero) is 1. The van der Waals surface area contributed by atoms with Crippen LogP contribution in [0.25, 0.3) is 11.1 Å². The second-order valence-corrected chi connectivity index (χ2v) is 3.05. The summed E-state index contributed by atoms with van der Waals surface area (Å²) in [5, 5.41) is 0. The first-order chi connectivity index (χ1) is 7.38. The highest BCUT2D eigenvalue weighted by Crippen LogP contribution is 2.23. The summed E-state index contributed by atoms with van der Waals surface area (Å²) in [6.07, 6.45) is -4.93. The number of hydrogen-bond donors (Lipinski definition) is 1. The number of oxazole rings is 1. The highest BCUT2D eigenvalue weighted by atomic mass is 19.4. The molecule has 16 heavy (non-hydrogen) atoms. The van der Waals surface area contributed by atoms with Gasteiger partial charge < -0.3 is 4.42 Å². The lowest BCUT2D eigenvalue weighted by molar-refractivity contribution is -0.0885. The average molecular weight is 231 g/mol. The van der Waals surface area contributed by atoms with Gasteiger partial charge in [-0.05, 0) is 18.2 Å². The summed E-state index contributed by atoms with van der Waals surface area (Å²) in [6, 6.07) is 3.01. The van der Waals surface area contributed by atoms with E-state index in [4.69, 9.17) is 0 Å². The molecule has 0 aliphatic heterocycles. The molecule has 0 saturated heterocycles. The van der Waals surface area contributed by atoms with Crippen molar-refractivity contribution >= 4 is 16.9 Å². The van der Waals surface area contributed by atoms with Crippen molar-refractivity contribution in [2.45, 2.75) is 6.18 Å². The number of benzene rings is 1. The lowest BCUT2D eigenvalue weighted by Crippen LogP contribution is -2.22. The summed E-state index contributed by atoms with van der Waals surface area (Å²) < 4.78 is 40.9. The molecule has 0 radical (unpaired) electrons. The molecule has 1 aromatic heterocycles. The summed E-state index contributed by atoms with van der Waals surface area (Å²) in [5.41, 5.74) is -0.388. The van der Waals surface area contributed by atoms with Crippen molar-refractivity contribution in [3.05, 3.63) is 34.3 Å². The number of halogens is 3. The van der Waals surface area contributed by atoms with Crippen LogP contribution in [0.2, 0.25) is 0 Å². The summed E-state index contributed by atoms with van der Waals surface area (Å²) >= 11 is 0. The van der Waals surface area contributed by atoms with E-state index < -0.39 is 23.3 Å². The van der Waals surface area contributed by atoms with Gasteiger partial charge >= 0.3 is 11.9 Å². The fourth-order valence-electron chi connectivity index (χ4n) is 1.26. The summed E-state index contributed by atoms with van der Waals surface area (Å²) in [5.74, 6) is -2.75. The minimum atomic E-state index is -4.93. The van der Waals surface area contributed by atoms with Gasteiger partial charge in [0.2, 0.25) is 0 Å². The molecule has 2 aromatic rings. The first kappa shape index (κ1) is 10.5. The summed E-state index contributed by atoms with van der Waals surface area (Å²) in [7, 11) is 0. The van der Waals surface area contributed by atoms with Crippen molar-refractivity contribution in [2.75, 3.05) is 0 Å². The molecule has 0 spiro atoms. The predicted octanol–water partition coefficient (Wildman–Crippen LogP) is 1.87. The van der Waals surface area contributed by atoms with Crippen LogP contribution < -0.4 is 5.76 Å². The number of rotatable bonds is 1. The maximum atomic E-state index is 12.1. The Labute approximate surface area is 85.7 Å². The largest absolute Gasteiger partial charge is 0.454 e. The first-order valence-electron chi connectivity index (χ1n) is 4.12. The maximum Gasteiger partial charge on any atom is 0.454 e. The molecule has 0 bridgehead atoms. The number of hydrogen-bond acceptors (Lipinski definition) is 3. The van der Waals surface area contributed by atoms with Gasteiger partial charge in [-0.3, -0.25) is 9.78 Å². The van der Waals surface area contributed by atoms with Crippen molar-refractivity contribution < 1.29 is 22.4 Å². The molecule has 1 N–H and O–H groups in total. The van der Waals surface area contributed by atoms with Crippen molar-refractivity contribution in [1.29, 1.82) is 0 Å². The number of H-pyrrole nitrogens is 1. The smallest absolute Gasteiger partial charge is 0.408 e. The van der Waals surface area contributed by atoms with Crippen LogP contribution in [0.4, 0.5) is 13.2 Å². The molecule has 0 amide bonds. The van der Waals surface area contributed by atoms with E-state index in [1.165, 1.54) is 0 Å². The fourth-order valence-corrected chi connectivity index (χ4v) is 1.26. The zero-order valence-electron chi connectivity index (χ0n) is 7.59. The molecule has 1 aromatic carbocycles. The molecule has 0 atom stereocenters. The van der Waals surface area contributed by atoms with Gasteiger partial charge in [-0.2, -0.15) is 13.2 Å². The van der Waals surface area contributed by atoms with E-state index in [-0.39, 0.29) is 11.1 Å². The number of aromatic amines is 1. The Morgan fingerprint density at radius 3 is 2.62 bits per heavy atom. The van der Waals surface area contributed by atoms with Crippen LogP contribution in [-0.2, 0) is 0 Å². The number of carbonyl (C=O) groups is 1. The van der Waals surface area contributed by atoms with E-state index >= 15 is 0 Å². The zero-order valence-corrected chi connectivity index (χ0v) is 7.59. The molecule has 1 heterocycles. The molecule has 0 fully saturated rings. The van der Waals surface area contributed by atoms with Crippen molar-refractivity contribution in [1.82, 2.24) is 4.98 Å². The Hall–Kier alpha value is -2.05. The Morgan fingerprint density at radius 2 is 2.00 bits per heavy atom. The molecule has 4 nitrogen and oxygen atoms in total. The van der Waals surface area contributed by atoms with Crippen LogP contribution in [0, 0.1) is 0 Å². The lowest BCUT2D eigenvalue weighted by atomic mass is 10.1. The predicted molar refractivity (Wildman–Crippen MR) is 47.2 cm³/mol. The molecular formula is C9H4F3NO3. The molecular weight excluding hydrogens is 227 g/mol. The highest BCUT2D eigenvalue weighted by molar-refractivity contribution is 6.02. The van der Waals surface area contributed by atoms with Crippen molar-refractivity contribution in [3.8, 4) is 0 Å². The Kier molecular flexibility index (Phi) is 2.11. The molecule has 7 heteroatoms. The van der Waals surface area contributed by atoms with E-state index in [9.17, 15) is 22.8 Å². The molecule has 0 aliphatic rings. The van der Waals surface area contributed by atoms with E-state index in [0.29, 0.717) is 0 Å². The van der Waals surface area contributed by atoms with Gasteiger partial charge in [-0.1, -0.05) is 0 Å². The third-order valence-corrected chi connectivity index (χ3v) is 1.94. The second-order valence-electron chi connectivity index (χ2n) is 3.05. The second kappa shape index (κ2) is 3.22. The normalized spacial score (nSPS) is 11.9. The van der Waals surface area contributed by atoms with Crippen LogP contribution >= 0.6 is 0 Å². The van der Waals surface area contributed by atoms with Gasteiger partial charge in [0, 0.05) is 5.56 Å². The average Bonchev–Trinajstić information content (AvgIpc) is 2.54. The van der Waals surface area contributed by atoms with E-state index in [1.54, 1.807) is 0 Å². The Bertz CT molecular complexity index is 608. The van der Waals surface area contributed by atoms with Gasteiger partial charge in [0.05, 0.1) is 5.52 Å². The number of aromatic nitrogens is 1. The van der Waals surface area contributed by atoms with Crippen LogP contribution in [0.15, 0.2) is 27.4 Å².